The number of rotatable bonds is 2. The molecule has 1 atom stereocenters. The Hall–Kier alpha value is -1.52. The van der Waals surface area contributed by atoms with Gasteiger partial charge in [-0.05, 0) is 12.5 Å². The number of carbonyl (C=O) groups is 1. The SMILES string of the molecule is O=C([O-])C=CC1(C(F)(F)F)C=CC=CC1. The van der Waals surface area contributed by atoms with Crippen molar-refractivity contribution in [3.63, 3.8) is 0 Å². The maximum Gasteiger partial charge on any atom is 0.401 e. The third-order valence-corrected chi connectivity index (χ3v) is 2.14. The van der Waals surface area contributed by atoms with E-state index in [4.69, 9.17) is 0 Å². The Morgan fingerprint density at radius 1 is 1.40 bits per heavy atom. The summed E-state index contributed by atoms with van der Waals surface area (Å²) in [4.78, 5) is 10.1. The minimum absolute atomic E-state index is 0.295. The molecule has 0 saturated heterocycles. The fraction of sp³-hybridized carbons (Fsp3) is 0.300. The highest BCUT2D eigenvalue weighted by atomic mass is 19.4. The van der Waals surface area contributed by atoms with Gasteiger partial charge in [0.15, 0.2) is 0 Å². The normalized spacial score (nSPS) is 26.1. The van der Waals surface area contributed by atoms with Crippen molar-refractivity contribution >= 4 is 5.97 Å². The molecule has 0 aromatic heterocycles. The van der Waals surface area contributed by atoms with Gasteiger partial charge in [0.1, 0.15) is 5.41 Å². The standard InChI is InChI=1S/C10H9F3O2/c11-10(12,13)9(7-4-8(14)15)5-2-1-3-6-9/h1-5,7H,6H2,(H,14,15)/p-1. The van der Waals surface area contributed by atoms with Crippen LogP contribution in [0.1, 0.15) is 6.42 Å². The summed E-state index contributed by atoms with van der Waals surface area (Å²) in [6.07, 6.45) is 1.23. The van der Waals surface area contributed by atoms with E-state index in [1.54, 1.807) is 0 Å². The van der Waals surface area contributed by atoms with Crippen molar-refractivity contribution in [2.24, 2.45) is 5.41 Å². The van der Waals surface area contributed by atoms with Crippen LogP contribution in [-0.2, 0) is 4.79 Å². The summed E-state index contributed by atoms with van der Waals surface area (Å²) in [5.74, 6) is -1.64. The van der Waals surface area contributed by atoms with Gasteiger partial charge in [-0.2, -0.15) is 13.2 Å². The zero-order valence-electron chi connectivity index (χ0n) is 7.62. The molecule has 0 aromatic rings. The monoisotopic (exact) mass is 217 g/mol. The zero-order valence-corrected chi connectivity index (χ0v) is 7.62. The number of allylic oxidation sites excluding steroid dienone is 5. The first-order valence-electron chi connectivity index (χ1n) is 4.19. The molecule has 0 spiro atoms. The summed E-state index contributed by atoms with van der Waals surface area (Å²) < 4.78 is 38.1. The van der Waals surface area contributed by atoms with Crippen LogP contribution in [0.4, 0.5) is 13.2 Å². The van der Waals surface area contributed by atoms with Gasteiger partial charge in [-0.1, -0.05) is 30.4 Å². The molecule has 5 heteroatoms. The first-order valence-corrected chi connectivity index (χ1v) is 4.19. The molecule has 0 bridgehead atoms. The van der Waals surface area contributed by atoms with Crippen LogP contribution in [0.3, 0.4) is 0 Å². The number of aliphatic carboxylic acids is 1. The van der Waals surface area contributed by atoms with Crippen molar-refractivity contribution in [2.75, 3.05) is 0 Å². The highest BCUT2D eigenvalue weighted by molar-refractivity contribution is 5.77. The lowest BCUT2D eigenvalue weighted by atomic mass is 9.80. The van der Waals surface area contributed by atoms with Crippen LogP contribution in [0.5, 0.6) is 0 Å². The minimum atomic E-state index is -4.51. The van der Waals surface area contributed by atoms with Gasteiger partial charge < -0.3 is 9.90 Å². The second-order valence-corrected chi connectivity index (χ2v) is 3.18. The average molecular weight is 217 g/mol. The average Bonchev–Trinajstić information content (AvgIpc) is 2.14. The fourth-order valence-electron chi connectivity index (χ4n) is 1.28. The van der Waals surface area contributed by atoms with Crippen molar-refractivity contribution in [1.82, 2.24) is 0 Å². The smallest absolute Gasteiger partial charge is 0.401 e. The largest absolute Gasteiger partial charge is 0.545 e. The first kappa shape index (κ1) is 11.6. The Morgan fingerprint density at radius 2 is 2.07 bits per heavy atom. The number of alkyl halides is 3. The molecular formula is C10H8F3O2-. The number of carboxylic acid groups (broad SMARTS) is 1. The topological polar surface area (TPSA) is 40.1 Å². The number of hydrogen-bond donors (Lipinski definition) is 0. The maximum absolute atomic E-state index is 12.7. The van der Waals surface area contributed by atoms with E-state index < -0.39 is 17.6 Å². The highest BCUT2D eigenvalue weighted by Gasteiger charge is 2.50. The van der Waals surface area contributed by atoms with E-state index >= 15 is 0 Å². The van der Waals surface area contributed by atoms with E-state index in [2.05, 4.69) is 0 Å². The first-order chi connectivity index (χ1) is 6.87. The summed E-state index contributed by atoms with van der Waals surface area (Å²) in [5, 5.41) is 10.1. The Balaban J connectivity index is 3.03. The Kier molecular flexibility index (Phi) is 3.02. The Morgan fingerprint density at radius 3 is 2.47 bits per heavy atom. The summed E-state index contributed by atoms with van der Waals surface area (Å²) in [6.45, 7) is 0. The van der Waals surface area contributed by atoms with Crippen LogP contribution in [-0.4, -0.2) is 12.1 Å². The van der Waals surface area contributed by atoms with E-state index in [0.717, 1.165) is 6.08 Å². The van der Waals surface area contributed by atoms with Crippen LogP contribution in [0, 0.1) is 5.41 Å². The molecule has 2 nitrogen and oxygen atoms in total. The highest BCUT2D eigenvalue weighted by Crippen LogP contribution is 2.45. The molecule has 1 aliphatic rings. The zero-order chi connectivity index (χ0) is 11.5. The number of carbonyl (C=O) groups excluding carboxylic acids is 1. The summed E-state index contributed by atoms with van der Waals surface area (Å²) in [5.41, 5.74) is -2.22. The van der Waals surface area contributed by atoms with Gasteiger partial charge in [-0.15, -0.1) is 0 Å². The van der Waals surface area contributed by atoms with Crippen molar-refractivity contribution in [3.05, 3.63) is 36.5 Å². The van der Waals surface area contributed by atoms with Gasteiger partial charge in [0.2, 0.25) is 0 Å². The number of halogens is 3. The molecule has 15 heavy (non-hydrogen) atoms. The number of hydrogen-bond acceptors (Lipinski definition) is 2. The molecule has 0 saturated carbocycles. The van der Waals surface area contributed by atoms with Crippen LogP contribution in [0.25, 0.3) is 0 Å². The Labute approximate surface area is 84.4 Å². The van der Waals surface area contributed by atoms with E-state index in [1.165, 1.54) is 18.2 Å². The van der Waals surface area contributed by atoms with E-state index in [0.29, 0.717) is 12.2 Å². The molecule has 0 N–H and O–H groups in total. The summed E-state index contributed by atoms with van der Waals surface area (Å²) in [7, 11) is 0. The summed E-state index contributed by atoms with van der Waals surface area (Å²) >= 11 is 0. The molecule has 1 rings (SSSR count). The van der Waals surface area contributed by atoms with Crippen LogP contribution >= 0.6 is 0 Å². The van der Waals surface area contributed by atoms with Crippen LogP contribution in [0.2, 0.25) is 0 Å². The van der Waals surface area contributed by atoms with Crippen molar-refractivity contribution in [2.45, 2.75) is 12.6 Å². The lowest BCUT2D eigenvalue weighted by Gasteiger charge is -2.30. The predicted octanol–water partition coefficient (Wildman–Crippen LogP) is 1.36. The second-order valence-electron chi connectivity index (χ2n) is 3.18. The lowest BCUT2D eigenvalue weighted by Crippen LogP contribution is -2.35. The number of carboxylic acids is 1. The van der Waals surface area contributed by atoms with E-state index in [9.17, 15) is 23.1 Å². The minimum Gasteiger partial charge on any atom is -0.545 e. The van der Waals surface area contributed by atoms with Gasteiger partial charge >= 0.3 is 6.18 Å². The quantitative estimate of drug-likeness (QED) is 0.655. The van der Waals surface area contributed by atoms with Gasteiger partial charge in [-0.3, -0.25) is 0 Å². The molecule has 1 unspecified atom stereocenters. The molecule has 0 fully saturated rings. The van der Waals surface area contributed by atoms with E-state index in [1.807, 2.05) is 0 Å². The molecule has 0 amide bonds. The van der Waals surface area contributed by atoms with E-state index in [-0.39, 0.29) is 6.42 Å². The van der Waals surface area contributed by atoms with Crippen molar-refractivity contribution < 1.29 is 23.1 Å². The van der Waals surface area contributed by atoms with Crippen molar-refractivity contribution in [1.29, 1.82) is 0 Å². The van der Waals surface area contributed by atoms with Gasteiger partial charge in [0.25, 0.3) is 0 Å². The molecule has 1 aliphatic carbocycles. The van der Waals surface area contributed by atoms with Crippen LogP contribution < -0.4 is 5.11 Å². The molecule has 0 aromatic carbocycles. The summed E-state index contributed by atoms with van der Waals surface area (Å²) in [6, 6.07) is 0. The van der Waals surface area contributed by atoms with Gasteiger partial charge in [0.05, 0.1) is 5.97 Å². The second kappa shape index (κ2) is 3.92. The molecule has 0 radical (unpaired) electrons. The fourth-order valence-corrected chi connectivity index (χ4v) is 1.28. The lowest BCUT2D eigenvalue weighted by molar-refractivity contribution is -0.297. The van der Waals surface area contributed by atoms with Crippen LogP contribution in [0.15, 0.2) is 36.5 Å². The third-order valence-electron chi connectivity index (χ3n) is 2.14. The Bertz CT molecular complexity index is 339. The van der Waals surface area contributed by atoms with Gasteiger partial charge in [0, 0.05) is 0 Å². The molecular weight excluding hydrogens is 209 g/mol. The molecule has 0 heterocycles. The maximum atomic E-state index is 12.7. The predicted molar refractivity (Wildman–Crippen MR) is 45.5 cm³/mol. The molecule has 0 aliphatic heterocycles. The third kappa shape index (κ3) is 2.49. The molecule has 82 valence electrons. The van der Waals surface area contributed by atoms with Gasteiger partial charge in [-0.25, -0.2) is 0 Å². The van der Waals surface area contributed by atoms with Crippen molar-refractivity contribution in [3.8, 4) is 0 Å².